The highest BCUT2D eigenvalue weighted by atomic mass is 32.1. The van der Waals surface area contributed by atoms with Crippen LogP contribution in [0.1, 0.15) is 57.6 Å². The second-order valence-electron chi connectivity index (χ2n) is 9.84. The van der Waals surface area contributed by atoms with E-state index in [1.54, 1.807) is 11.4 Å². The van der Waals surface area contributed by atoms with Crippen LogP contribution in [0.2, 0.25) is 0 Å². The topological polar surface area (TPSA) is 71.5 Å². The molecule has 6 nitrogen and oxygen atoms in total. The summed E-state index contributed by atoms with van der Waals surface area (Å²) in [4.78, 5) is 31.9. The fourth-order valence-electron chi connectivity index (χ4n) is 4.78. The third-order valence-corrected chi connectivity index (χ3v) is 7.55. The van der Waals surface area contributed by atoms with E-state index < -0.39 is 6.04 Å². The molecule has 1 aromatic heterocycles. The molecule has 3 aromatic carbocycles. The molecular formula is C31H30FN3O3S. The first-order valence-electron chi connectivity index (χ1n) is 13.0. The van der Waals surface area contributed by atoms with Gasteiger partial charge in [0.1, 0.15) is 28.9 Å². The van der Waals surface area contributed by atoms with Crippen molar-refractivity contribution in [1.82, 2.24) is 15.2 Å². The molecule has 0 unspecified atom stereocenters. The monoisotopic (exact) mass is 543 g/mol. The fraction of sp³-hybridized carbons (Fsp3) is 0.258. The molecule has 2 heterocycles. The van der Waals surface area contributed by atoms with Gasteiger partial charge in [-0.2, -0.15) is 0 Å². The van der Waals surface area contributed by atoms with E-state index in [0.29, 0.717) is 36.0 Å². The largest absolute Gasteiger partial charge is 0.486 e. The number of aromatic nitrogens is 1. The molecule has 39 heavy (non-hydrogen) atoms. The highest BCUT2D eigenvalue weighted by molar-refractivity contribution is 7.09. The molecular weight excluding hydrogens is 513 g/mol. The Morgan fingerprint density at radius 1 is 1.10 bits per heavy atom. The number of nitrogens with one attached hydrogen (secondary N) is 1. The van der Waals surface area contributed by atoms with Crippen molar-refractivity contribution in [3.8, 4) is 5.75 Å². The Balaban J connectivity index is 1.31. The van der Waals surface area contributed by atoms with Gasteiger partial charge in [-0.25, -0.2) is 9.37 Å². The van der Waals surface area contributed by atoms with Gasteiger partial charge in [0.2, 0.25) is 5.91 Å². The number of halogens is 1. The lowest BCUT2D eigenvalue weighted by Gasteiger charge is -2.39. The summed E-state index contributed by atoms with van der Waals surface area (Å²) in [5, 5.41) is 5.29. The minimum atomic E-state index is -0.400. The van der Waals surface area contributed by atoms with Gasteiger partial charge >= 0.3 is 0 Å². The van der Waals surface area contributed by atoms with E-state index >= 15 is 0 Å². The Morgan fingerprint density at radius 3 is 2.69 bits per heavy atom. The number of carbonyl (C=O) groups is 2. The van der Waals surface area contributed by atoms with E-state index in [0.717, 1.165) is 22.3 Å². The van der Waals surface area contributed by atoms with Crippen LogP contribution in [0.4, 0.5) is 4.39 Å². The van der Waals surface area contributed by atoms with Crippen molar-refractivity contribution in [1.29, 1.82) is 0 Å². The van der Waals surface area contributed by atoms with E-state index in [1.165, 1.54) is 23.5 Å². The van der Waals surface area contributed by atoms with Gasteiger partial charge in [-0.3, -0.25) is 9.59 Å². The maximum atomic E-state index is 14.2. The lowest BCUT2D eigenvalue weighted by Crippen LogP contribution is -2.42. The number of benzene rings is 3. The zero-order valence-corrected chi connectivity index (χ0v) is 22.7. The third-order valence-electron chi connectivity index (χ3n) is 6.73. The Hall–Kier alpha value is -4.04. The van der Waals surface area contributed by atoms with Crippen LogP contribution in [0.25, 0.3) is 0 Å². The maximum absolute atomic E-state index is 14.2. The van der Waals surface area contributed by atoms with Crippen molar-refractivity contribution in [2.45, 2.75) is 39.5 Å². The number of thiazole rings is 1. The first-order valence-corrected chi connectivity index (χ1v) is 13.8. The quantitative estimate of drug-likeness (QED) is 0.299. The molecule has 1 N–H and O–H groups in total. The van der Waals surface area contributed by atoms with Crippen molar-refractivity contribution in [3.05, 3.63) is 117 Å². The minimum Gasteiger partial charge on any atom is -0.486 e. The lowest BCUT2D eigenvalue weighted by atomic mass is 9.87. The predicted octanol–water partition coefficient (Wildman–Crippen LogP) is 5.92. The highest BCUT2D eigenvalue weighted by Crippen LogP contribution is 2.38. The average molecular weight is 544 g/mol. The fourth-order valence-corrected chi connectivity index (χ4v) is 5.47. The summed E-state index contributed by atoms with van der Waals surface area (Å²) in [7, 11) is 0. The number of fused-ring (bicyclic) bond motifs is 1. The molecule has 0 saturated heterocycles. The standard InChI is InChI=1S/C31H30FN3O3S/c1-20(2)31(37)35-14-13-22-11-12-25(16-26(22)29(35)23-9-6-10-24(32)15-23)38-18-28-34-27(19-39-28)30(36)33-17-21-7-4-3-5-8-21/h3-12,15-16,19-20,29H,13-14,17-18H2,1-2H3,(H,33,36)/t29-/m0/s1. The average Bonchev–Trinajstić information content (AvgIpc) is 3.43. The van der Waals surface area contributed by atoms with Crippen LogP contribution in [-0.4, -0.2) is 28.2 Å². The van der Waals surface area contributed by atoms with E-state index in [-0.39, 0.29) is 30.2 Å². The summed E-state index contributed by atoms with van der Waals surface area (Å²) < 4.78 is 20.3. The van der Waals surface area contributed by atoms with Crippen LogP contribution in [0.15, 0.2) is 78.2 Å². The lowest BCUT2D eigenvalue weighted by molar-refractivity contribution is -0.136. The minimum absolute atomic E-state index is 0.0297. The highest BCUT2D eigenvalue weighted by Gasteiger charge is 2.33. The maximum Gasteiger partial charge on any atom is 0.271 e. The first-order chi connectivity index (χ1) is 18.9. The molecule has 5 rings (SSSR count). The number of carbonyl (C=O) groups excluding carboxylic acids is 2. The smallest absolute Gasteiger partial charge is 0.271 e. The molecule has 2 amide bonds. The molecule has 1 atom stereocenters. The van der Waals surface area contributed by atoms with Crippen LogP contribution < -0.4 is 10.1 Å². The predicted molar refractivity (Wildman–Crippen MR) is 149 cm³/mol. The molecule has 0 spiro atoms. The number of amides is 2. The molecule has 1 aliphatic rings. The molecule has 4 aromatic rings. The number of hydrogen-bond acceptors (Lipinski definition) is 5. The van der Waals surface area contributed by atoms with Gasteiger partial charge in [0.05, 0.1) is 6.04 Å². The number of nitrogens with zero attached hydrogens (tertiary/aromatic N) is 2. The molecule has 0 saturated carbocycles. The van der Waals surface area contributed by atoms with Crippen molar-refractivity contribution in [2.24, 2.45) is 5.92 Å². The van der Waals surface area contributed by atoms with Gasteiger partial charge in [-0.05, 0) is 52.9 Å². The van der Waals surface area contributed by atoms with E-state index in [2.05, 4.69) is 10.3 Å². The third kappa shape index (κ3) is 6.17. The molecule has 0 bridgehead atoms. The summed E-state index contributed by atoms with van der Waals surface area (Å²) in [5.41, 5.74) is 4.14. The second kappa shape index (κ2) is 11.8. The molecule has 0 aliphatic carbocycles. The van der Waals surface area contributed by atoms with Gasteiger partial charge in [0.25, 0.3) is 5.91 Å². The van der Waals surface area contributed by atoms with Crippen LogP contribution in [0.3, 0.4) is 0 Å². The van der Waals surface area contributed by atoms with Crippen LogP contribution >= 0.6 is 11.3 Å². The van der Waals surface area contributed by atoms with E-state index in [1.807, 2.05) is 73.3 Å². The Kier molecular flexibility index (Phi) is 8.02. The Bertz CT molecular complexity index is 1470. The van der Waals surface area contributed by atoms with Crippen LogP contribution in [-0.2, 0) is 24.4 Å². The Labute approximate surface area is 231 Å². The molecule has 0 radical (unpaired) electrons. The van der Waals surface area contributed by atoms with Gasteiger partial charge in [-0.15, -0.1) is 11.3 Å². The van der Waals surface area contributed by atoms with E-state index in [4.69, 9.17) is 4.74 Å². The zero-order chi connectivity index (χ0) is 27.4. The summed E-state index contributed by atoms with van der Waals surface area (Å²) >= 11 is 1.36. The SMILES string of the molecule is CC(C)C(=O)N1CCc2ccc(OCc3nc(C(=O)NCc4ccccc4)cs3)cc2[C@@H]1c1cccc(F)c1. The van der Waals surface area contributed by atoms with Crippen molar-refractivity contribution in [2.75, 3.05) is 6.54 Å². The number of ether oxygens (including phenoxy) is 1. The van der Waals surface area contributed by atoms with Gasteiger partial charge < -0.3 is 15.0 Å². The van der Waals surface area contributed by atoms with Crippen LogP contribution in [0, 0.1) is 11.7 Å². The summed E-state index contributed by atoms with van der Waals surface area (Å²) in [6.07, 6.45) is 0.716. The van der Waals surface area contributed by atoms with Gasteiger partial charge in [0.15, 0.2) is 0 Å². The summed E-state index contributed by atoms with van der Waals surface area (Å²) in [6, 6.07) is 21.6. The van der Waals surface area contributed by atoms with Gasteiger partial charge in [-0.1, -0.05) is 62.4 Å². The molecule has 200 valence electrons. The zero-order valence-electron chi connectivity index (χ0n) is 21.9. The van der Waals surface area contributed by atoms with Crippen molar-refractivity contribution >= 4 is 23.2 Å². The van der Waals surface area contributed by atoms with Crippen LogP contribution in [0.5, 0.6) is 5.75 Å². The number of hydrogen-bond donors (Lipinski definition) is 1. The first kappa shape index (κ1) is 26.6. The molecule has 1 aliphatic heterocycles. The van der Waals surface area contributed by atoms with Gasteiger partial charge in [0, 0.05) is 24.4 Å². The normalized spacial score (nSPS) is 14.7. The second-order valence-corrected chi connectivity index (χ2v) is 10.8. The van der Waals surface area contributed by atoms with E-state index in [9.17, 15) is 14.0 Å². The van der Waals surface area contributed by atoms with Crippen molar-refractivity contribution in [3.63, 3.8) is 0 Å². The Morgan fingerprint density at radius 2 is 1.92 bits per heavy atom. The van der Waals surface area contributed by atoms with Crippen molar-refractivity contribution < 1.29 is 18.7 Å². The molecule has 8 heteroatoms. The summed E-state index contributed by atoms with van der Waals surface area (Å²) in [5.74, 6) is -0.0910. The molecule has 0 fully saturated rings. The number of rotatable bonds is 8. The summed E-state index contributed by atoms with van der Waals surface area (Å²) in [6.45, 7) is 4.96.